The van der Waals surface area contributed by atoms with Gasteiger partial charge in [0.1, 0.15) is 0 Å². The highest BCUT2D eigenvalue weighted by atomic mass is 15.3. The lowest BCUT2D eigenvalue weighted by Crippen LogP contribution is -2.43. The van der Waals surface area contributed by atoms with Crippen molar-refractivity contribution in [1.29, 1.82) is 0 Å². The van der Waals surface area contributed by atoms with Crippen LogP contribution in [-0.2, 0) is 39.9 Å². The maximum Gasteiger partial charge on any atom is 0.191 e. The van der Waals surface area contributed by atoms with E-state index in [0.29, 0.717) is 6.54 Å². The maximum absolute atomic E-state index is 4.87. The van der Waals surface area contributed by atoms with E-state index in [1.54, 1.807) is 0 Å². The highest BCUT2D eigenvalue weighted by Gasteiger charge is 2.16. The molecule has 2 N–H and O–H groups in total. The first-order valence-electron chi connectivity index (χ1n) is 10.4. The summed E-state index contributed by atoms with van der Waals surface area (Å²) in [6, 6.07) is 0.254. The van der Waals surface area contributed by atoms with Crippen LogP contribution in [0.2, 0.25) is 0 Å². The zero-order valence-electron chi connectivity index (χ0n) is 18.8. The van der Waals surface area contributed by atoms with Gasteiger partial charge in [0, 0.05) is 43.6 Å². The van der Waals surface area contributed by atoms with E-state index in [2.05, 4.69) is 62.4 Å². The summed E-state index contributed by atoms with van der Waals surface area (Å²) in [6.07, 6.45) is 2.82. The third kappa shape index (κ3) is 4.94. The predicted octanol–water partition coefficient (Wildman–Crippen LogP) is 2.58. The second kappa shape index (κ2) is 9.75. The normalized spacial score (nSPS) is 13.1. The molecule has 1 atom stereocenters. The van der Waals surface area contributed by atoms with Crippen LogP contribution in [0.5, 0.6) is 0 Å². The minimum atomic E-state index is 0.254. The van der Waals surface area contributed by atoms with E-state index in [-0.39, 0.29) is 6.04 Å². The molecule has 2 rings (SSSR count). The van der Waals surface area contributed by atoms with E-state index in [1.165, 1.54) is 22.5 Å². The van der Waals surface area contributed by atoms with Crippen LogP contribution in [-0.4, -0.2) is 38.1 Å². The van der Waals surface area contributed by atoms with Gasteiger partial charge in [-0.25, -0.2) is 4.99 Å². The molecular formula is C21H37N7. The summed E-state index contributed by atoms with van der Waals surface area (Å²) in [5.41, 5.74) is 7.32. The van der Waals surface area contributed by atoms with Gasteiger partial charge in [0.05, 0.1) is 17.9 Å². The van der Waals surface area contributed by atoms with Gasteiger partial charge in [-0.3, -0.25) is 9.36 Å². The number of hydrogen-bond donors (Lipinski definition) is 2. The van der Waals surface area contributed by atoms with Gasteiger partial charge >= 0.3 is 0 Å². The molecule has 156 valence electrons. The van der Waals surface area contributed by atoms with Crippen LogP contribution in [0.15, 0.2) is 4.99 Å². The summed E-state index contributed by atoms with van der Waals surface area (Å²) in [7, 11) is 4.02. The largest absolute Gasteiger partial charge is 0.357 e. The first-order chi connectivity index (χ1) is 13.3. The number of hydrogen-bond acceptors (Lipinski definition) is 3. The van der Waals surface area contributed by atoms with E-state index in [0.717, 1.165) is 43.2 Å². The van der Waals surface area contributed by atoms with Gasteiger partial charge in [-0.05, 0) is 52.5 Å². The second-order valence-electron chi connectivity index (χ2n) is 7.42. The fourth-order valence-corrected chi connectivity index (χ4v) is 3.75. The maximum atomic E-state index is 4.87. The predicted molar refractivity (Wildman–Crippen MR) is 116 cm³/mol. The van der Waals surface area contributed by atoms with Crippen LogP contribution >= 0.6 is 0 Å². The molecule has 0 aliphatic heterocycles. The molecule has 0 radical (unpaired) electrons. The minimum absolute atomic E-state index is 0.254. The van der Waals surface area contributed by atoms with Crippen LogP contribution in [0.1, 0.15) is 61.6 Å². The van der Waals surface area contributed by atoms with Gasteiger partial charge in [-0.15, -0.1) is 0 Å². The Labute approximate surface area is 169 Å². The summed E-state index contributed by atoms with van der Waals surface area (Å²) in [5.74, 6) is 0.849. The standard InChI is InChI=1S/C21H37N7/c1-9-19-18(20(10-2)28(8)26-19)13-23-21(22-11-3)24-14(4)12-17-15(5)25-27(7)16(17)6/h14H,9-13H2,1-8H3,(H2,22,23,24). The molecule has 0 saturated heterocycles. The minimum Gasteiger partial charge on any atom is -0.357 e. The molecule has 0 bridgehead atoms. The number of aromatic nitrogens is 4. The zero-order valence-corrected chi connectivity index (χ0v) is 18.8. The Hall–Kier alpha value is -2.31. The number of aliphatic imine (C=N–C) groups is 1. The topological polar surface area (TPSA) is 72.1 Å². The van der Waals surface area contributed by atoms with Crippen molar-refractivity contribution in [1.82, 2.24) is 30.2 Å². The van der Waals surface area contributed by atoms with E-state index in [1.807, 2.05) is 23.5 Å². The molecule has 7 nitrogen and oxygen atoms in total. The van der Waals surface area contributed by atoms with E-state index in [4.69, 9.17) is 4.99 Å². The molecule has 2 aromatic heterocycles. The molecule has 2 heterocycles. The molecule has 28 heavy (non-hydrogen) atoms. The van der Waals surface area contributed by atoms with Gasteiger partial charge in [0.2, 0.25) is 0 Å². The van der Waals surface area contributed by atoms with E-state index in [9.17, 15) is 0 Å². The van der Waals surface area contributed by atoms with Crippen molar-refractivity contribution in [2.75, 3.05) is 6.54 Å². The Morgan fingerprint density at radius 2 is 1.75 bits per heavy atom. The van der Waals surface area contributed by atoms with Gasteiger partial charge in [0.15, 0.2) is 5.96 Å². The molecule has 7 heteroatoms. The monoisotopic (exact) mass is 387 g/mol. The summed E-state index contributed by atoms with van der Waals surface area (Å²) in [6.45, 7) is 14.3. The Morgan fingerprint density at radius 3 is 2.29 bits per heavy atom. The molecule has 0 fully saturated rings. The molecule has 0 aromatic carbocycles. The molecule has 0 spiro atoms. The SMILES string of the molecule is CCNC(=NCc1c(CC)nn(C)c1CC)NC(C)Cc1c(C)nn(C)c1C. The van der Waals surface area contributed by atoms with Crippen molar-refractivity contribution in [2.24, 2.45) is 19.1 Å². The molecule has 2 aromatic rings. The van der Waals surface area contributed by atoms with Crippen molar-refractivity contribution >= 4 is 5.96 Å². The summed E-state index contributed by atoms with van der Waals surface area (Å²) in [4.78, 5) is 4.87. The second-order valence-corrected chi connectivity index (χ2v) is 7.42. The Bertz CT molecular complexity index is 813. The number of guanidine groups is 1. The van der Waals surface area contributed by atoms with Crippen LogP contribution in [0.25, 0.3) is 0 Å². The Morgan fingerprint density at radius 1 is 1.04 bits per heavy atom. The first-order valence-corrected chi connectivity index (χ1v) is 10.4. The van der Waals surface area contributed by atoms with Crippen LogP contribution in [0.3, 0.4) is 0 Å². The first kappa shape index (κ1) is 22.0. The average molecular weight is 388 g/mol. The lowest BCUT2D eigenvalue weighted by atomic mass is 10.1. The Kier molecular flexibility index (Phi) is 7.66. The quantitative estimate of drug-likeness (QED) is 0.539. The summed E-state index contributed by atoms with van der Waals surface area (Å²) < 4.78 is 3.96. The van der Waals surface area contributed by atoms with Crippen molar-refractivity contribution < 1.29 is 0 Å². The highest BCUT2D eigenvalue weighted by molar-refractivity contribution is 5.80. The fourth-order valence-electron chi connectivity index (χ4n) is 3.75. The third-order valence-electron chi connectivity index (χ3n) is 5.32. The zero-order chi connectivity index (χ0) is 20.8. The molecule has 0 saturated carbocycles. The molecule has 1 unspecified atom stereocenters. The van der Waals surface area contributed by atoms with Crippen molar-refractivity contribution in [3.05, 3.63) is 33.9 Å². The molecular weight excluding hydrogens is 350 g/mol. The van der Waals surface area contributed by atoms with Gasteiger partial charge < -0.3 is 10.6 Å². The number of aryl methyl sites for hydroxylation is 4. The number of rotatable bonds is 8. The van der Waals surface area contributed by atoms with Crippen molar-refractivity contribution in [2.45, 2.75) is 73.4 Å². The molecule has 0 amide bonds. The number of nitrogens with zero attached hydrogens (tertiary/aromatic N) is 5. The van der Waals surface area contributed by atoms with Crippen LogP contribution in [0, 0.1) is 13.8 Å². The summed E-state index contributed by atoms with van der Waals surface area (Å²) >= 11 is 0. The van der Waals surface area contributed by atoms with Crippen molar-refractivity contribution in [3.63, 3.8) is 0 Å². The third-order valence-corrected chi connectivity index (χ3v) is 5.32. The fraction of sp³-hybridized carbons (Fsp3) is 0.667. The van der Waals surface area contributed by atoms with Gasteiger partial charge in [-0.1, -0.05) is 13.8 Å². The van der Waals surface area contributed by atoms with Crippen molar-refractivity contribution in [3.8, 4) is 0 Å². The highest BCUT2D eigenvalue weighted by Crippen LogP contribution is 2.17. The summed E-state index contributed by atoms with van der Waals surface area (Å²) in [5, 5.41) is 16.1. The smallest absolute Gasteiger partial charge is 0.191 e. The molecule has 0 aliphatic carbocycles. The van der Waals surface area contributed by atoms with Crippen LogP contribution < -0.4 is 10.6 Å². The van der Waals surface area contributed by atoms with Crippen LogP contribution in [0.4, 0.5) is 0 Å². The Balaban J connectivity index is 2.14. The number of nitrogens with one attached hydrogen (secondary N) is 2. The van der Waals surface area contributed by atoms with Gasteiger partial charge in [-0.2, -0.15) is 10.2 Å². The van der Waals surface area contributed by atoms with Gasteiger partial charge in [0.25, 0.3) is 0 Å². The molecule has 0 aliphatic rings. The lowest BCUT2D eigenvalue weighted by molar-refractivity contribution is 0.635. The average Bonchev–Trinajstić information content (AvgIpc) is 3.09. The van der Waals surface area contributed by atoms with E-state index >= 15 is 0 Å². The van der Waals surface area contributed by atoms with E-state index < -0.39 is 0 Å². The lowest BCUT2D eigenvalue weighted by Gasteiger charge is -2.18.